The summed E-state index contributed by atoms with van der Waals surface area (Å²) in [6.45, 7) is 4.49. The van der Waals surface area contributed by atoms with Crippen LogP contribution in [0.1, 0.15) is 50.3 Å². The molecule has 1 aromatic rings. The molecule has 8 heteroatoms. The molecule has 2 aliphatic heterocycles. The van der Waals surface area contributed by atoms with Gasteiger partial charge in [0.2, 0.25) is 5.95 Å². The van der Waals surface area contributed by atoms with Crippen LogP contribution in [-0.2, 0) is 21.9 Å². The third kappa shape index (κ3) is 3.15. The number of ether oxygens (including phenoxy) is 1. The van der Waals surface area contributed by atoms with E-state index in [9.17, 15) is 13.6 Å². The van der Waals surface area contributed by atoms with Crippen LogP contribution in [0.4, 0.5) is 20.5 Å². The number of carbonyl (C=O) groups is 1. The van der Waals surface area contributed by atoms with Gasteiger partial charge in [-0.1, -0.05) is 0 Å². The van der Waals surface area contributed by atoms with Gasteiger partial charge in [0.05, 0.1) is 7.11 Å². The Hall–Kier alpha value is -1.99. The summed E-state index contributed by atoms with van der Waals surface area (Å²) in [6.07, 6.45) is 3.83. The number of carbonyl (C=O) groups excluding carboxylic acids is 1. The van der Waals surface area contributed by atoms with Crippen LogP contribution in [0.3, 0.4) is 0 Å². The van der Waals surface area contributed by atoms with Crippen molar-refractivity contribution in [2.24, 2.45) is 17.8 Å². The van der Waals surface area contributed by atoms with Crippen LogP contribution in [0.5, 0.6) is 0 Å². The number of hydrogen-bond donors (Lipinski definition) is 0. The highest BCUT2D eigenvalue weighted by molar-refractivity contribution is 5.70. The van der Waals surface area contributed by atoms with E-state index in [0.717, 1.165) is 38.9 Å². The Morgan fingerprint density at radius 2 is 2.00 bits per heavy atom. The number of esters is 1. The fourth-order valence-electron chi connectivity index (χ4n) is 5.58. The van der Waals surface area contributed by atoms with Gasteiger partial charge in [-0.05, 0) is 50.4 Å². The SMILES string of the molecule is COC(=O)CC1[C@H]2CN(c3nc(N4CCCC[C@H]4C)nc4c3CCC4(F)F)C[C@@H]12. The molecular formula is C21H28F2N4O2. The highest BCUT2D eigenvalue weighted by atomic mass is 19.3. The summed E-state index contributed by atoms with van der Waals surface area (Å²) >= 11 is 0. The molecule has 4 atom stereocenters. The molecule has 1 unspecified atom stereocenters. The van der Waals surface area contributed by atoms with Crippen molar-refractivity contribution in [2.45, 2.75) is 57.4 Å². The average molecular weight is 406 g/mol. The molecule has 0 bridgehead atoms. The highest BCUT2D eigenvalue weighted by Crippen LogP contribution is 2.55. The van der Waals surface area contributed by atoms with E-state index in [0.29, 0.717) is 47.9 Å². The summed E-state index contributed by atoms with van der Waals surface area (Å²) in [6, 6.07) is 0.265. The fourth-order valence-corrected chi connectivity index (χ4v) is 5.58. The van der Waals surface area contributed by atoms with Crippen molar-refractivity contribution in [3.05, 3.63) is 11.3 Å². The van der Waals surface area contributed by atoms with E-state index < -0.39 is 5.92 Å². The summed E-state index contributed by atoms with van der Waals surface area (Å²) < 4.78 is 34.0. The first-order chi connectivity index (χ1) is 13.9. The highest BCUT2D eigenvalue weighted by Gasteiger charge is 2.57. The predicted molar refractivity (Wildman–Crippen MR) is 104 cm³/mol. The third-order valence-corrected chi connectivity index (χ3v) is 7.37. The molecule has 4 aliphatic rings. The Balaban J connectivity index is 1.43. The minimum Gasteiger partial charge on any atom is -0.469 e. The fraction of sp³-hybridized carbons (Fsp3) is 0.762. The smallest absolute Gasteiger partial charge is 0.305 e. The third-order valence-electron chi connectivity index (χ3n) is 7.37. The predicted octanol–water partition coefficient (Wildman–Crippen LogP) is 3.14. The van der Waals surface area contributed by atoms with Gasteiger partial charge in [-0.25, -0.2) is 4.98 Å². The van der Waals surface area contributed by atoms with Gasteiger partial charge >= 0.3 is 5.97 Å². The molecule has 0 N–H and O–H groups in total. The first kappa shape index (κ1) is 19.0. The number of nitrogens with zero attached hydrogens (tertiary/aromatic N) is 4. The lowest BCUT2D eigenvalue weighted by molar-refractivity contribution is -0.141. The average Bonchev–Trinajstić information content (AvgIpc) is 3.03. The van der Waals surface area contributed by atoms with E-state index in [4.69, 9.17) is 9.72 Å². The molecule has 0 aromatic carbocycles. The Bertz CT molecular complexity index is 821. The summed E-state index contributed by atoms with van der Waals surface area (Å²) in [7, 11) is 1.42. The summed E-state index contributed by atoms with van der Waals surface area (Å²) in [5, 5.41) is 0. The lowest BCUT2D eigenvalue weighted by Gasteiger charge is -2.34. The monoisotopic (exact) mass is 406 g/mol. The van der Waals surface area contributed by atoms with Crippen molar-refractivity contribution in [2.75, 3.05) is 36.5 Å². The Morgan fingerprint density at radius 3 is 2.69 bits per heavy atom. The molecule has 3 heterocycles. The lowest BCUT2D eigenvalue weighted by atomic mass is 10.0. The van der Waals surface area contributed by atoms with E-state index in [1.165, 1.54) is 7.11 Å². The van der Waals surface area contributed by atoms with Gasteiger partial charge < -0.3 is 14.5 Å². The normalized spacial score (nSPS) is 32.1. The number of aromatic nitrogens is 2. The van der Waals surface area contributed by atoms with Gasteiger partial charge in [0.1, 0.15) is 11.5 Å². The Kier molecular flexibility index (Phi) is 4.44. The molecule has 0 radical (unpaired) electrons. The van der Waals surface area contributed by atoms with Crippen LogP contribution in [0, 0.1) is 17.8 Å². The molecule has 1 saturated carbocycles. The number of methoxy groups -OCH3 is 1. The zero-order valence-corrected chi connectivity index (χ0v) is 17.0. The minimum atomic E-state index is -2.88. The number of anilines is 2. The largest absolute Gasteiger partial charge is 0.469 e. The van der Waals surface area contributed by atoms with Gasteiger partial charge in [0.15, 0.2) is 0 Å². The van der Waals surface area contributed by atoms with Crippen molar-refractivity contribution in [3.63, 3.8) is 0 Å². The number of halogens is 2. The molecule has 3 fully saturated rings. The van der Waals surface area contributed by atoms with E-state index in [-0.39, 0.29) is 24.1 Å². The van der Waals surface area contributed by atoms with Crippen LogP contribution < -0.4 is 9.80 Å². The maximum absolute atomic E-state index is 14.6. The van der Waals surface area contributed by atoms with Crippen LogP contribution >= 0.6 is 0 Å². The molecule has 5 rings (SSSR count). The molecular weight excluding hydrogens is 378 g/mol. The van der Waals surface area contributed by atoms with Gasteiger partial charge in [0, 0.05) is 44.1 Å². The van der Waals surface area contributed by atoms with Gasteiger partial charge in [0.25, 0.3) is 5.92 Å². The van der Waals surface area contributed by atoms with E-state index >= 15 is 0 Å². The first-order valence-electron chi connectivity index (χ1n) is 10.8. The second kappa shape index (κ2) is 6.77. The summed E-state index contributed by atoms with van der Waals surface area (Å²) in [5.74, 6) is -0.672. The quantitative estimate of drug-likeness (QED) is 0.716. The molecule has 1 aromatic heterocycles. The van der Waals surface area contributed by atoms with Crippen LogP contribution in [0.15, 0.2) is 0 Å². The molecule has 6 nitrogen and oxygen atoms in total. The second-order valence-corrected chi connectivity index (χ2v) is 9.09. The van der Waals surface area contributed by atoms with Crippen molar-refractivity contribution >= 4 is 17.7 Å². The summed E-state index contributed by atoms with van der Waals surface area (Å²) in [4.78, 5) is 25.1. The van der Waals surface area contributed by atoms with Crippen LogP contribution in [-0.4, -0.2) is 48.7 Å². The standard InChI is InChI=1S/C21H28F2N4O2/c1-12-5-3-4-8-27(12)20-24-18-13(6-7-21(18,22)23)19(25-20)26-10-15-14(16(15)11-26)9-17(28)29-2/h12,14-16H,3-11H2,1-2H3/t12-,14?,15-,16+/m1/s1. The van der Waals surface area contributed by atoms with E-state index in [1.54, 1.807) is 0 Å². The number of rotatable bonds is 4. The maximum Gasteiger partial charge on any atom is 0.305 e. The van der Waals surface area contributed by atoms with E-state index in [2.05, 4.69) is 21.7 Å². The number of alkyl halides is 2. The molecule has 0 amide bonds. The first-order valence-corrected chi connectivity index (χ1v) is 10.8. The Morgan fingerprint density at radius 1 is 1.24 bits per heavy atom. The molecule has 29 heavy (non-hydrogen) atoms. The van der Waals surface area contributed by atoms with Crippen molar-refractivity contribution < 1.29 is 18.3 Å². The molecule has 2 aliphatic carbocycles. The van der Waals surface area contributed by atoms with Crippen LogP contribution in [0.25, 0.3) is 0 Å². The van der Waals surface area contributed by atoms with Gasteiger partial charge in [-0.3, -0.25) is 4.79 Å². The zero-order chi connectivity index (χ0) is 20.3. The Labute approximate surface area is 169 Å². The summed E-state index contributed by atoms with van der Waals surface area (Å²) in [5.41, 5.74) is 0.552. The molecule has 0 spiro atoms. The number of piperidine rings is 2. The molecule has 2 saturated heterocycles. The number of hydrogen-bond acceptors (Lipinski definition) is 6. The molecule has 158 valence electrons. The van der Waals surface area contributed by atoms with Crippen molar-refractivity contribution in [1.82, 2.24) is 9.97 Å². The van der Waals surface area contributed by atoms with Gasteiger partial charge in [-0.15, -0.1) is 0 Å². The minimum absolute atomic E-state index is 0.0676. The van der Waals surface area contributed by atoms with Crippen LogP contribution in [0.2, 0.25) is 0 Å². The lowest BCUT2D eigenvalue weighted by Crippen LogP contribution is -2.39. The topological polar surface area (TPSA) is 58.6 Å². The maximum atomic E-state index is 14.6. The van der Waals surface area contributed by atoms with E-state index in [1.807, 2.05) is 0 Å². The van der Waals surface area contributed by atoms with Crippen molar-refractivity contribution in [3.8, 4) is 0 Å². The second-order valence-electron chi connectivity index (χ2n) is 9.09. The number of fused-ring (bicyclic) bond motifs is 2. The zero-order valence-electron chi connectivity index (χ0n) is 17.0. The van der Waals surface area contributed by atoms with Crippen molar-refractivity contribution in [1.29, 1.82) is 0 Å². The van der Waals surface area contributed by atoms with Gasteiger partial charge in [-0.2, -0.15) is 13.8 Å².